The Labute approximate surface area is 115 Å². The van der Waals surface area contributed by atoms with Crippen molar-refractivity contribution in [1.29, 1.82) is 0 Å². The van der Waals surface area contributed by atoms with Crippen LogP contribution in [0.25, 0.3) is 10.8 Å². The number of carbonyl (C=O) groups is 2. The first-order chi connectivity index (χ1) is 9.54. The molecule has 2 rings (SSSR count). The standard InChI is InChI=1S/C14H15NO5/c1-20-12(17)7-6-9(16)8-15-13(18)10-4-2-3-5-11(10)14(15)19/h2-5,18-19H,6-8H2,1H3. The zero-order chi connectivity index (χ0) is 14.7. The predicted molar refractivity (Wildman–Crippen MR) is 71.5 cm³/mol. The van der Waals surface area contributed by atoms with Crippen LogP contribution in [0.5, 0.6) is 11.8 Å². The number of carbonyl (C=O) groups excluding carboxylic acids is 2. The Bertz CT molecular complexity index is 620. The van der Waals surface area contributed by atoms with Crippen LogP contribution in [0, 0.1) is 0 Å². The quantitative estimate of drug-likeness (QED) is 0.810. The lowest BCUT2D eigenvalue weighted by Crippen LogP contribution is -2.11. The maximum atomic E-state index is 11.8. The predicted octanol–water partition coefficient (Wildman–Crippen LogP) is 1.57. The number of esters is 1. The van der Waals surface area contributed by atoms with Crippen LogP contribution in [-0.4, -0.2) is 33.6 Å². The van der Waals surface area contributed by atoms with Crippen molar-refractivity contribution in [3.8, 4) is 11.8 Å². The highest BCUT2D eigenvalue weighted by molar-refractivity contribution is 5.94. The molecule has 0 unspecified atom stereocenters. The van der Waals surface area contributed by atoms with E-state index in [4.69, 9.17) is 0 Å². The smallest absolute Gasteiger partial charge is 0.305 e. The first-order valence-corrected chi connectivity index (χ1v) is 6.12. The summed E-state index contributed by atoms with van der Waals surface area (Å²) in [4.78, 5) is 22.7. The van der Waals surface area contributed by atoms with Crippen molar-refractivity contribution >= 4 is 22.5 Å². The van der Waals surface area contributed by atoms with Gasteiger partial charge in [0.15, 0.2) is 5.78 Å². The summed E-state index contributed by atoms with van der Waals surface area (Å²) in [6.45, 7) is -0.191. The van der Waals surface area contributed by atoms with Crippen LogP contribution >= 0.6 is 0 Å². The molecule has 0 fully saturated rings. The van der Waals surface area contributed by atoms with Crippen LogP contribution in [0.3, 0.4) is 0 Å². The molecule has 1 heterocycles. The molecule has 20 heavy (non-hydrogen) atoms. The number of nitrogens with zero attached hydrogens (tertiary/aromatic N) is 1. The van der Waals surface area contributed by atoms with Gasteiger partial charge in [0.25, 0.3) is 0 Å². The third kappa shape index (κ3) is 2.59. The summed E-state index contributed by atoms with van der Waals surface area (Å²) in [7, 11) is 1.25. The van der Waals surface area contributed by atoms with Gasteiger partial charge in [0, 0.05) is 17.2 Å². The van der Waals surface area contributed by atoms with Gasteiger partial charge in [-0.25, -0.2) is 0 Å². The topological polar surface area (TPSA) is 88.8 Å². The molecule has 6 heteroatoms. The first kappa shape index (κ1) is 13.9. The van der Waals surface area contributed by atoms with Gasteiger partial charge in [-0.15, -0.1) is 0 Å². The van der Waals surface area contributed by atoms with Gasteiger partial charge in [0.2, 0.25) is 11.8 Å². The van der Waals surface area contributed by atoms with Crippen molar-refractivity contribution in [1.82, 2.24) is 4.57 Å². The van der Waals surface area contributed by atoms with Crippen LogP contribution in [0.2, 0.25) is 0 Å². The molecule has 0 saturated carbocycles. The van der Waals surface area contributed by atoms with Gasteiger partial charge in [-0.05, 0) is 12.1 Å². The first-order valence-electron chi connectivity index (χ1n) is 6.12. The van der Waals surface area contributed by atoms with E-state index in [9.17, 15) is 19.8 Å². The Hall–Kier alpha value is -2.50. The second kappa shape index (κ2) is 5.64. The zero-order valence-electron chi connectivity index (χ0n) is 11.0. The van der Waals surface area contributed by atoms with Crippen LogP contribution in [-0.2, 0) is 20.9 Å². The Morgan fingerprint density at radius 3 is 2.15 bits per heavy atom. The van der Waals surface area contributed by atoms with E-state index in [2.05, 4.69) is 4.74 Å². The van der Waals surface area contributed by atoms with E-state index < -0.39 is 5.97 Å². The zero-order valence-corrected chi connectivity index (χ0v) is 11.0. The summed E-state index contributed by atoms with van der Waals surface area (Å²) in [5.41, 5.74) is 0. The van der Waals surface area contributed by atoms with Crippen LogP contribution in [0.4, 0.5) is 0 Å². The number of hydrogen-bond acceptors (Lipinski definition) is 5. The highest BCUT2D eigenvalue weighted by Gasteiger charge is 2.17. The van der Waals surface area contributed by atoms with Crippen LogP contribution < -0.4 is 0 Å². The second-order valence-corrected chi connectivity index (χ2v) is 4.39. The Balaban J connectivity index is 2.17. The van der Waals surface area contributed by atoms with Crippen molar-refractivity contribution in [2.45, 2.75) is 19.4 Å². The Morgan fingerprint density at radius 2 is 1.65 bits per heavy atom. The van der Waals surface area contributed by atoms with E-state index >= 15 is 0 Å². The summed E-state index contributed by atoms with van der Waals surface area (Å²) in [5, 5.41) is 21.0. The van der Waals surface area contributed by atoms with E-state index in [0.29, 0.717) is 10.8 Å². The van der Waals surface area contributed by atoms with Gasteiger partial charge in [-0.1, -0.05) is 12.1 Å². The molecule has 0 aliphatic heterocycles. The SMILES string of the molecule is COC(=O)CCC(=O)Cn1c(O)c2ccccc2c1O. The minimum atomic E-state index is -0.468. The molecule has 106 valence electrons. The van der Waals surface area contributed by atoms with Gasteiger partial charge >= 0.3 is 5.97 Å². The van der Waals surface area contributed by atoms with E-state index in [0.717, 1.165) is 4.57 Å². The van der Waals surface area contributed by atoms with Gasteiger partial charge < -0.3 is 14.9 Å². The van der Waals surface area contributed by atoms with Crippen LogP contribution in [0.15, 0.2) is 24.3 Å². The largest absolute Gasteiger partial charge is 0.494 e. The molecule has 0 aliphatic rings. The fraction of sp³-hybridized carbons (Fsp3) is 0.286. The summed E-state index contributed by atoms with van der Waals surface area (Å²) < 4.78 is 5.58. The number of hydrogen-bond donors (Lipinski definition) is 2. The normalized spacial score (nSPS) is 10.7. The molecule has 0 bridgehead atoms. The fourth-order valence-electron chi connectivity index (χ4n) is 2.01. The average Bonchev–Trinajstić information content (AvgIpc) is 2.70. The number of ketones is 1. The molecule has 0 saturated heterocycles. The van der Waals surface area contributed by atoms with E-state index in [1.54, 1.807) is 24.3 Å². The molecule has 2 N–H and O–H groups in total. The maximum Gasteiger partial charge on any atom is 0.305 e. The number of Topliss-reactive ketones (excluding diaryl/α,β-unsaturated/α-hetero) is 1. The van der Waals surface area contributed by atoms with Crippen LogP contribution in [0.1, 0.15) is 12.8 Å². The number of aromatic hydroxyl groups is 2. The van der Waals surface area contributed by atoms with Crippen molar-refractivity contribution < 1.29 is 24.5 Å². The second-order valence-electron chi connectivity index (χ2n) is 4.39. The number of benzene rings is 1. The monoisotopic (exact) mass is 277 g/mol. The molecule has 0 amide bonds. The van der Waals surface area contributed by atoms with E-state index in [1.807, 2.05) is 0 Å². The van der Waals surface area contributed by atoms with Crippen molar-refractivity contribution in [3.63, 3.8) is 0 Å². The molecular weight excluding hydrogens is 262 g/mol. The summed E-state index contributed by atoms with van der Waals surface area (Å²) >= 11 is 0. The number of aromatic nitrogens is 1. The van der Waals surface area contributed by atoms with Crippen molar-refractivity contribution in [2.75, 3.05) is 7.11 Å². The minimum Gasteiger partial charge on any atom is -0.494 e. The highest BCUT2D eigenvalue weighted by Crippen LogP contribution is 2.35. The molecule has 0 atom stereocenters. The summed E-state index contributed by atoms with van der Waals surface area (Å²) in [5.74, 6) is -1.07. The van der Waals surface area contributed by atoms with E-state index in [-0.39, 0.29) is 36.9 Å². The number of ether oxygens (including phenoxy) is 1. The Morgan fingerprint density at radius 1 is 1.10 bits per heavy atom. The van der Waals surface area contributed by atoms with Crippen molar-refractivity contribution in [2.24, 2.45) is 0 Å². The minimum absolute atomic E-state index is 0.0000779. The van der Waals surface area contributed by atoms with Gasteiger partial charge in [0.05, 0.1) is 20.1 Å². The number of fused-ring (bicyclic) bond motifs is 1. The van der Waals surface area contributed by atoms with Crippen molar-refractivity contribution in [3.05, 3.63) is 24.3 Å². The number of methoxy groups -OCH3 is 1. The third-order valence-electron chi connectivity index (χ3n) is 3.09. The maximum absolute atomic E-state index is 11.8. The lowest BCUT2D eigenvalue weighted by atomic mass is 10.2. The molecule has 1 aromatic heterocycles. The van der Waals surface area contributed by atoms with Gasteiger partial charge in [-0.2, -0.15) is 0 Å². The summed E-state index contributed by atoms with van der Waals surface area (Å²) in [6.07, 6.45) is -0.0161. The summed E-state index contributed by atoms with van der Waals surface area (Å²) in [6, 6.07) is 6.76. The van der Waals surface area contributed by atoms with E-state index in [1.165, 1.54) is 7.11 Å². The lowest BCUT2D eigenvalue weighted by Gasteiger charge is -2.05. The van der Waals surface area contributed by atoms with Gasteiger partial charge in [-0.3, -0.25) is 14.2 Å². The molecule has 2 aromatic rings. The third-order valence-corrected chi connectivity index (χ3v) is 3.09. The molecule has 0 spiro atoms. The van der Waals surface area contributed by atoms with Gasteiger partial charge in [0.1, 0.15) is 0 Å². The molecule has 1 aromatic carbocycles. The Kier molecular flexibility index (Phi) is 3.93. The lowest BCUT2D eigenvalue weighted by molar-refractivity contribution is -0.142. The highest BCUT2D eigenvalue weighted by atomic mass is 16.5. The number of rotatable bonds is 5. The molecule has 6 nitrogen and oxygen atoms in total. The fourth-order valence-corrected chi connectivity index (χ4v) is 2.01. The molecule has 0 radical (unpaired) electrons. The molecule has 0 aliphatic carbocycles. The average molecular weight is 277 g/mol. The molecular formula is C14H15NO5.